The number of nitrogens with one attached hydrogen (secondary N) is 2. The zero-order chi connectivity index (χ0) is 24.6. The average molecular weight is 483 g/mol. The fourth-order valence-electron chi connectivity index (χ4n) is 4.89. The van der Waals surface area contributed by atoms with Crippen molar-refractivity contribution in [3.63, 3.8) is 0 Å². The van der Waals surface area contributed by atoms with E-state index in [1.165, 1.54) is 11.9 Å². The lowest BCUT2D eigenvalue weighted by Crippen LogP contribution is -2.49. The van der Waals surface area contributed by atoms with Gasteiger partial charge in [0, 0.05) is 37.6 Å². The maximum Gasteiger partial charge on any atom is 0.159 e. The molecule has 0 amide bonds. The molecule has 0 saturated carbocycles. The molecule has 9 heteroatoms. The summed E-state index contributed by atoms with van der Waals surface area (Å²) in [5.74, 6) is 0.175. The molecule has 1 atom stereocenters. The Hall–Kier alpha value is -4.11. The first-order valence-electron chi connectivity index (χ1n) is 12.1. The normalized spacial score (nSPS) is 16.1. The van der Waals surface area contributed by atoms with E-state index in [9.17, 15) is 0 Å². The molecule has 4 heterocycles. The van der Waals surface area contributed by atoms with Crippen LogP contribution in [0.2, 0.25) is 0 Å². The van der Waals surface area contributed by atoms with Crippen LogP contribution in [-0.4, -0.2) is 50.2 Å². The van der Waals surface area contributed by atoms with Crippen LogP contribution in [0.1, 0.15) is 23.6 Å². The van der Waals surface area contributed by atoms with E-state index in [4.69, 9.17) is 0 Å². The zero-order valence-corrected chi connectivity index (χ0v) is 20.2. The summed E-state index contributed by atoms with van der Waals surface area (Å²) in [6, 6.07) is 14.3. The molecular formula is C27H27FN8. The number of hydrogen-bond acceptors (Lipinski definition) is 7. The van der Waals surface area contributed by atoms with Gasteiger partial charge in [0.25, 0.3) is 0 Å². The van der Waals surface area contributed by atoms with Gasteiger partial charge in [-0.15, -0.1) is 0 Å². The van der Waals surface area contributed by atoms with Gasteiger partial charge in [-0.3, -0.25) is 0 Å². The van der Waals surface area contributed by atoms with Crippen LogP contribution in [0.4, 0.5) is 21.6 Å². The molecule has 3 aromatic heterocycles. The van der Waals surface area contributed by atoms with E-state index >= 15 is 4.39 Å². The van der Waals surface area contributed by atoms with Crippen molar-refractivity contribution in [1.29, 1.82) is 0 Å². The van der Waals surface area contributed by atoms with E-state index in [1.54, 1.807) is 10.8 Å². The summed E-state index contributed by atoms with van der Waals surface area (Å²) in [7, 11) is 0. The van der Waals surface area contributed by atoms with Crippen molar-refractivity contribution in [2.75, 3.05) is 29.9 Å². The van der Waals surface area contributed by atoms with Crippen molar-refractivity contribution in [1.82, 2.24) is 29.9 Å². The molecule has 1 fully saturated rings. The summed E-state index contributed by atoms with van der Waals surface area (Å²) in [6.45, 7) is 6.53. The molecule has 0 bridgehead atoms. The Morgan fingerprint density at radius 1 is 1.08 bits per heavy atom. The van der Waals surface area contributed by atoms with Gasteiger partial charge >= 0.3 is 0 Å². The first-order valence-corrected chi connectivity index (χ1v) is 12.1. The number of piperazine rings is 1. The third-order valence-corrected chi connectivity index (χ3v) is 6.77. The van der Waals surface area contributed by atoms with Gasteiger partial charge in [0.2, 0.25) is 0 Å². The number of halogens is 1. The lowest BCUT2D eigenvalue weighted by molar-refractivity contribution is 0.479. The van der Waals surface area contributed by atoms with Gasteiger partial charge in [-0.05, 0) is 73.4 Å². The smallest absolute Gasteiger partial charge is 0.159 e. The monoisotopic (exact) mass is 482 g/mol. The molecule has 5 aromatic rings. The summed E-state index contributed by atoms with van der Waals surface area (Å²) in [6.07, 6.45) is 5.73. The van der Waals surface area contributed by atoms with E-state index in [1.807, 2.05) is 30.5 Å². The second-order valence-electron chi connectivity index (χ2n) is 9.36. The van der Waals surface area contributed by atoms with E-state index in [-0.39, 0.29) is 5.82 Å². The number of aryl methyl sites for hydroxylation is 1. The Kier molecular flexibility index (Phi) is 5.69. The number of benzene rings is 2. The summed E-state index contributed by atoms with van der Waals surface area (Å²) in [4.78, 5) is 15.1. The van der Waals surface area contributed by atoms with Crippen LogP contribution in [0.15, 0.2) is 61.3 Å². The molecule has 0 unspecified atom stereocenters. The maximum atomic E-state index is 15.8. The molecule has 0 aliphatic carbocycles. The third-order valence-electron chi connectivity index (χ3n) is 6.77. The summed E-state index contributed by atoms with van der Waals surface area (Å²) < 4.78 is 17.6. The first kappa shape index (κ1) is 22.4. The zero-order valence-electron chi connectivity index (χ0n) is 20.2. The minimum Gasteiger partial charge on any atom is -0.366 e. The number of pyridine rings is 1. The van der Waals surface area contributed by atoms with Crippen molar-refractivity contribution in [2.45, 2.75) is 26.3 Å². The maximum absolute atomic E-state index is 15.8. The van der Waals surface area contributed by atoms with Gasteiger partial charge in [0.15, 0.2) is 11.5 Å². The summed E-state index contributed by atoms with van der Waals surface area (Å²) >= 11 is 0. The number of nitrogens with zero attached hydrogens (tertiary/aromatic N) is 6. The highest BCUT2D eigenvalue weighted by atomic mass is 19.1. The minimum atomic E-state index is -0.290. The number of rotatable bonds is 5. The van der Waals surface area contributed by atoms with Crippen molar-refractivity contribution >= 4 is 33.7 Å². The Labute approximate surface area is 208 Å². The lowest BCUT2D eigenvalue weighted by Gasteiger charge is -2.34. The Morgan fingerprint density at radius 3 is 2.86 bits per heavy atom. The molecule has 36 heavy (non-hydrogen) atoms. The van der Waals surface area contributed by atoms with Gasteiger partial charge < -0.3 is 15.5 Å². The van der Waals surface area contributed by atoms with Crippen LogP contribution >= 0.6 is 0 Å². The highest BCUT2D eigenvalue weighted by Gasteiger charge is 2.22. The van der Waals surface area contributed by atoms with Crippen LogP contribution in [-0.2, 0) is 6.42 Å². The molecule has 8 nitrogen and oxygen atoms in total. The topological polar surface area (TPSA) is 83.3 Å². The third kappa shape index (κ3) is 4.22. The Balaban J connectivity index is 1.28. The molecule has 0 spiro atoms. The van der Waals surface area contributed by atoms with Crippen LogP contribution in [0.3, 0.4) is 0 Å². The van der Waals surface area contributed by atoms with Gasteiger partial charge in [0.1, 0.15) is 18.5 Å². The summed E-state index contributed by atoms with van der Waals surface area (Å²) in [5, 5.41) is 11.3. The minimum absolute atomic E-state index is 0.290. The SMILES string of the molecule is Cc1cc(Nc2ncnc3ccc(N4CCN[C@H](C)C4)c(F)c23)ccc1Cc1ccn2ncnc2c1. The van der Waals surface area contributed by atoms with Crippen LogP contribution < -0.4 is 15.5 Å². The van der Waals surface area contributed by atoms with Gasteiger partial charge in [0.05, 0.1) is 16.6 Å². The fraction of sp³-hybridized carbons (Fsp3) is 0.259. The molecule has 2 N–H and O–H groups in total. The van der Waals surface area contributed by atoms with Crippen molar-refractivity contribution < 1.29 is 4.39 Å². The Bertz CT molecular complexity index is 1560. The van der Waals surface area contributed by atoms with Crippen molar-refractivity contribution in [2.24, 2.45) is 0 Å². The number of anilines is 3. The quantitative estimate of drug-likeness (QED) is 0.387. The molecule has 1 aliphatic rings. The number of fused-ring (bicyclic) bond motifs is 2. The molecule has 2 aromatic carbocycles. The predicted octanol–water partition coefficient (Wildman–Crippen LogP) is 4.25. The number of aromatic nitrogens is 5. The van der Waals surface area contributed by atoms with Gasteiger partial charge in [-0.25, -0.2) is 23.9 Å². The van der Waals surface area contributed by atoms with Crippen LogP contribution in [0, 0.1) is 12.7 Å². The summed E-state index contributed by atoms with van der Waals surface area (Å²) in [5.41, 5.74) is 6.35. The second-order valence-corrected chi connectivity index (χ2v) is 9.36. The van der Waals surface area contributed by atoms with Crippen molar-refractivity contribution in [3.8, 4) is 0 Å². The molecular weight excluding hydrogens is 455 g/mol. The van der Waals surface area contributed by atoms with Gasteiger partial charge in [-0.2, -0.15) is 5.10 Å². The first-order chi connectivity index (χ1) is 17.5. The fourth-order valence-corrected chi connectivity index (χ4v) is 4.89. The van der Waals surface area contributed by atoms with Crippen LogP contribution in [0.5, 0.6) is 0 Å². The molecule has 182 valence electrons. The number of hydrogen-bond donors (Lipinski definition) is 2. The molecule has 1 aliphatic heterocycles. The lowest BCUT2D eigenvalue weighted by atomic mass is 10.0. The molecule has 1 saturated heterocycles. The second kappa shape index (κ2) is 9.16. The van der Waals surface area contributed by atoms with Crippen LogP contribution in [0.25, 0.3) is 16.6 Å². The van der Waals surface area contributed by atoms with E-state index in [2.05, 4.69) is 67.6 Å². The average Bonchev–Trinajstić information content (AvgIpc) is 3.34. The van der Waals surface area contributed by atoms with E-state index < -0.39 is 0 Å². The highest BCUT2D eigenvalue weighted by molar-refractivity contribution is 5.94. The van der Waals surface area contributed by atoms with E-state index in [0.29, 0.717) is 28.5 Å². The predicted molar refractivity (Wildman–Crippen MR) is 139 cm³/mol. The Morgan fingerprint density at radius 2 is 2.00 bits per heavy atom. The standard InChI is InChI=1S/C27H27FN8/c1-17-11-21(4-3-20(17)12-19-7-9-36-24(13-19)31-16-33-36)34-27-25-22(30-15-32-27)5-6-23(26(25)28)35-10-8-29-18(2)14-35/h3-7,9,11,13,15-16,18,29H,8,10,12,14H2,1-2H3,(H,30,32,34)/t18-/m1/s1. The highest BCUT2D eigenvalue weighted by Crippen LogP contribution is 2.32. The van der Waals surface area contributed by atoms with Gasteiger partial charge in [-0.1, -0.05) is 6.07 Å². The molecule has 0 radical (unpaired) electrons. The molecule has 6 rings (SSSR count). The largest absolute Gasteiger partial charge is 0.366 e. The van der Waals surface area contributed by atoms with E-state index in [0.717, 1.165) is 48.5 Å². The van der Waals surface area contributed by atoms with Crippen molar-refractivity contribution in [3.05, 3.63) is 83.8 Å².